The standard InChI is InChI=1S/C13H20BrN/c1-10(2)13(8-14)15-9-12-6-4-5-11(3)7-12/h4-7,10,13,15H,8-9H2,1-3H3. The average Bonchev–Trinajstić information content (AvgIpc) is 2.18. The first-order chi connectivity index (χ1) is 7.13. The predicted molar refractivity (Wildman–Crippen MR) is 70.4 cm³/mol. The Bertz CT molecular complexity index is 296. The van der Waals surface area contributed by atoms with Crippen LogP contribution in [0.1, 0.15) is 25.0 Å². The number of aryl methyl sites for hydroxylation is 1. The van der Waals surface area contributed by atoms with E-state index in [4.69, 9.17) is 0 Å². The minimum Gasteiger partial charge on any atom is -0.309 e. The minimum absolute atomic E-state index is 0.547. The van der Waals surface area contributed by atoms with Crippen molar-refractivity contribution in [2.75, 3.05) is 5.33 Å². The zero-order valence-electron chi connectivity index (χ0n) is 9.76. The number of rotatable bonds is 5. The quantitative estimate of drug-likeness (QED) is 0.807. The molecule has 0 aliphatic carbocycles. The second-order valence-electron chi connectivity index (χ2n) is 4.37. The van der Waals surface area contributed by atoms with Crippen molar-refractivity contribution < 1.29 is 0 Å². The number of benzene rings is 1. The molecule has 0 amide bonds. The summed E-state index contributed by atoms with van der Waals surface area (Å²) in [7, 11) is 0. The Hall–Kier alpha value is -0.340. The summed E-state index contributed by atoms with van der Waals surface area (Å²) in [5, 5.41) is 4.58. The fourth-order valence-electron chi connectivity index (χ4n) is 1.54. The summed E-state index contributed by atoms with van der Waals surface area (Å²) in [6.07, 6.45) is 0. The van der Waals surface area contributed by atoms with Crippen LogP contribution in [0.2, 0.25) is 0 Å². The number of halogens is 1. The molecule has 0 saturated heterocycles. The molecule has 0 bridgehead atoms. The molecule has 0 fully saturated rings. The van der Waals surface area contributed by atoms with Gasteiger partial charge in [0.1, 0.15) is 0 Å². The SMILES string of the molecule is Cc1cccc(CNC(CBr)C(C)C)c1. The topological polar surface area (TPSA) is 12.0 Å². The van der Waals surface area contributed by atoms with Crippen LogP contribution in [0, 0.1) is 12.8 Å². The van der Waals surface area contributed by atoms with Gasteiger partial charge in [-0.05, 0) is 18.4 Å². The first-order valence-corrected chi connectivity index (χ1v) is 6.60. The van der Waals surface area contributed by atoms with Gasteiger partial charge in [0.2, 0.25) is 0 Å². The maximum Gasteiger partial charge on any atom is 0.0208 e. The molecular weight excluding hydrogens is 250 g/mol. The van der Waals surface area contributed by atoms with E-state index in [-0.39, 0.29) is 0 Å². The van der Waals surface area contributed by atoms with Crippen molar-refractivity contribution >= 4 is 15.9 Å². The van der Waals surface area contributed by atoms with Gasteiger partial charge in [-0.15, -0.1) is 0 Å². The molecule has 1 unspecified atom stereocenters. The van der Waals surface area contributed by atoms with Crippen LogP contribution >= 0.6 is 15.9 Å². The van der Waals surface area contributed by atoms with E-state index in [9.17, 15) is 0 Å². The van der Waals surface area contributed by atoms with Crippen molar-refractivity contribution in [1.29, 1.82) is 0 Å². The number of hydrogen-bond acceptors (Lipinski definition) is 1. The monoisotopic (exact) mass is 269 g/mol. The van der Waals surface area contributed by atoms with E-state index in [0.717, 1.165) is 11.9 Å². The van der Waals surface area contributed by atoms with E-state index in [0.29, 0.717) is 12.0 Å². The highest BCUT2D eigenvalue weighted by Gasteiger charge is 2.10. The molecule has 0 heterocycles. The fraction of sp³-hybridized carbons (Fsp3) is 0.538. The third-order valence-electron chi connectivity index (χ3n) is 2.62. The molecule has 1 N–H and O–H groups in total. The summed E-state index contributed by atoms with van der Waals surface area (Å²) in [5.74, 6) is 0.661. The summed E-state index contributed by atoms with van der Waals surface area (Å²) < 4.78 is 0. The molecule has 0 aliphatic rings. The van der Waals surface area contributed by atoms with Crippen molar-refractivity contribution in [1.82, 2.24) is 5.32 Å². The van der Waals surface area contributed by atoms with Crippen LogP contribution in [0.3, 0.4) is 0 Å². The zero-order valence-corrected chi connectivity index (χ0v) is 11.3. The van der Waals surface area contributed by atoms with E-state index in [1.54, 1.807) is 0 Å². The Labute approximate surface area is 101 Å². The third-order valence-corrected chi connectivity index (χ3v) is 3.32. The van der Waals surface area contributed by atoms with Gasteiger partial charge in [0.25, 0.3) is 0 Å². The fourth-order valence-corrected chi connectivity index (χ4v) is 2.52. The average molecular weight is 270 g/mol. The normalized spacial score (nSPS) is 13.1. The van der Waals surface area contributed by atoms with Gasteiger partial charge in [-0.25, -0.2) is 0 Å². The highest BCUT2D eigenvalue weighted by molar-refractivity contribution is 9.09. The Kier molecular flexibility index (Phi) is 5.34. The third kappa shape index (κ3) is 4.35. The van der Waals surface area contributed by atoms with Crippen LogP contribution in [0.5, 0.6) is 0 Å². The molecule has 0 radical (unpaired) electrons. The van der Waals surface area contributed by atoms with E-state index >= 15 is 0 Å². The lowest BCUT2D eigenvalue weighted by atomic mass is 10.1. The molecule has 0 aromatic heterocycles. The highest BCUT2D eigenvalue weighted by Crippen LogP contribution is 2.08. The molecule has 15 heavy (non-hydrogen) atoms. The lowest BCUT2D eigenvalue weighted by Crippen LogP contribution is -2.34. The molecule has 0 spiro atoms. The van der Waals surface area contributed by atoms with Crippen LogP contribution in [-0.4, -0.2) is 11.4 Å². The summed E-state index contributed by atoms with van der Waals surface area (Å²) >= 11 is 3.54. The molecule has 1 nitrogen and oxygen atoms in total. The summed E-state index contributed by atoms with van der Waals surface area (Å²) in [5.41, 5.74) is 2.69. The van der Waals surface area contributed by atoms with Crippen LogP contribution in [0.15, 0.2) is 24.3 Å². The molecule has 1 atom stereocenters. The zero-order chi connectivity index (χ0) is 11.3. The lowest BCUT2D eigenvalue weighted by molar-refractivity contribution is 0.434. The van der Waals surface area contributed by atoms with Gasteiger partial charge in [0, 0.05) is 17.9 Å². The van der Waals surface area contributed by atoms with Crippen molar-refractivity contribution in [3.05, 3.63) is 35.4 Å². The van der Waals surface area contributed by atoms with Crippen molar-refractivity contribution in [3.63, 3.8) is 0 Å². The molecule has 1 aromatic rings. The van der Waals surface area contributed by atoms with Gasteiger partial charge in [-0.1, -0.05) is 59.6 Å². The van der Waals surface area contributed by atoms with Gasteiger partial charge in [-0.3, -0.25) is 0 Å². The summed E-state index contributed by atoms with van der Waals surface area (Å²) in [6.45, 7) is 7.58. The summed E-state index contributed by atoms with van der Waals surface area (Å²) in [6, 6.07) is 9.20. The highest BCUT2D eigenvalue weighted by atomic mass is 79.9. The van der Waals surface area contributed by atoms with E-state index < -0.39 is 0 Å². The molecular formula is C13H20BrN. The first kappa shape index (κ1) is 12.7. The van der Waals surface area contributed by atoms with Crippen molar-refractivity contribution in [2.24, 2.45) is 5.92 Å². The van der Waals surface area contributed by atoms with Gasteiger partial charge < -0.3 is 5.32 Å². The maximum atomic E-state index is 3.57. The Balaban J connectivity index is 2.49. The molecule has 0 saturated carbocycles. The van der Waals surface area contributed by atoms with Crippen LogP contribution in [0.4, 0.5) is 0 Å². The number of alkyl halides is 1. The van der Waals surface area contributed by atoms with E-state index in [2.05, 4.69) is 66.3 Å². The van der Waals surface area contributed by atoms with Gasteiger partial charge in [-0.2, -0.15) is 0 Å². The Morgan fingerprint density at radius 1 is 1.33 bits per heavy atom. The van der Waals surface area contributed by atoms with Crippen LogP contribution < -0.4 is 5.32 Å². The number of nitrogens with one attached hydrogen (secondary N) is 1. The molecule has 1 rings (SSSR count). The van der Waals surface area contributed by atoms with E-state index in [1.165, 1.54) is 11.1 Å². The van der Waals surface area contributed by atoms with E-state index in [1.807, 2.05) is 0 Å². The van der Waals surface area contributed by atoms with Gasteiger partial charge >= 0.3 is 0 Å². The Morgan fingerprint density at radius 3 is 2.60 bits per heavy atom. The minimum atomic E-state index is 0.547. The molecule has 0 aliphatic heterocycles. The Morgan fingerprint density at radius 2 is 2.07 bits per heavy atom. The largest absolute Gasteiger partial charge is 0.309 e. The second kappa shape index (κ2) is 6.29. The second-order valence-corrected chi connectivity index (χ2v) is 5.02. The predicted octanol–water partition coefficient (Wildman–Crippen LogP) is 3.50. The maximum absolute atomic E-state index is 3.57. The van der Waals surface area contributed by atoms with Crippen molar-refractivity contribution in [2.45, 2.75) is 33.4 Å². The lowest BCUT2D eigenvalue weighted by Gasteiger charge is -2.20. The van der Waals surface area contributed by atoms with Gasteiger partial charge in [0.05, 0.1) is 0 Å². The van der Waals surface area contributed by atoms with Crippen molar-refractivity contribution in [3.8, 4) is 0 Å². The molecule has 84 valence electrons. The number of hydrogen-bond donors (Lipinski definition) is 1. The van der Waals surface area contributed by atoms with Crippen LogP contribution in [-0.2, 0) is 6.54 Å². The molecule has 1 aromatic carbocycles. The van der Waals surface area contributed by atoms with Crippen LogP contribution in [0.25, 0.3) is 0 Å². The summed E-state index contributed by atoms with van der Waals surface area (Å²) in [4.78, 5) is 0. The smallest absolute Gasteiger partial charge is 0.0208 e. The van der Waals surface area contributed by atoms with Gasteiger partial charge in [0.15, 0.2) is 0 Å². The molecule has 2 heteroatoms. The first-order valence-electron chi connectivity index (χ1n) is 5.48.